The van der Waals surface area contributed by atoms with E-state index in [9.17, 15) is 15.3 Å². The Balaban J connectivity index is 1.91. The Labute approximate surface area is 192 Å². The van der Waals surface area contributed by atoms with Gasteiger partial charge in [-0.2, -0.15) is 10.5 Å². The first-order chi connectivity index (χ1) is 15.5. The highest BCUT2D eigenvalue weighted by Gasteiger charge is 2.18. The molecule has 5 rings (SSSR count). The molecule has 0 fully saturated rings. The third kappa shape index (κ3) is 3.13. The summed E-state index contributed by atoms with van der Waals surface area (Å²) in [6.45, 7) is 1.59. The molecular formula is C26H15BrN4O. The van der Waals surface area contributed by atoms with Gasteiger partial charge in [0.25, 0.3) is 0 Å². The van der Waals surface area contributed by atoms with Gasteiger partial charge >= 0.3 is 0 Å². The van der Waals surface area contributed by atoms with Gasteiger partial charge in [0.15, 0.2) is 0 Å². The van der Waals surface area contributed by atoms with Crippen LogP contribution in [0, 0.1) is 22.7 Å². The SMILES string of the molecule is CC(=O)Cc1ccc2c(c1)c1cc(Br)ccc1c1nc(-c3c(C#N)cccc3C#N)[nH]c21. The molecular weight excluding hydrogens is 464 g/mol. The molecule has 5 aromatic rings. The molecule has 5 nitrogen and oxygen atoms in total. The third-order valence-electron chi connectivity index (χ3n) is 5.58. The van der Waals surface area contributed by atoms with Crippen molar-refractivity contribution >= 4 is 54.3 Å². The van der Waals surface area contributed by atoms with Gasteiger partial charge < -0.3 is 4.98 Å². The van der Waals surface area contributed by atoms with E-state index in [0.29, 0.717) is 28.9 Å². The number of aromatic nitrogens is 2. The number of aromatic amines is 1. The van der Waals surface area contributed by atoms with Crippen LogP contribution in [0.1, 0.15) is 23.6 Å². The number of imidazole rings is 1. The second-order valence-corrected chi connectivity index (χ2v) is 8.63. The fourth-order valence-corrected chi connectivity index (χ4v) is 4.61. The number of fused-ring (bicyclic) bond motifs is 6. The number of ketones is 1. The van der Waals surface area contributed by atoms with Gasteiger partial charge in [-0.1, -0.05) is 46.3 Å². The lowest BCUT2D eigenvalue weighted by Crippen LogP contribution is -1.96. The zero-order valence-corrected chi connectivity index (χ0v) is 18.6. The summed E-state index contributed by atoms with van der Waals surface area (Å²) in [6.07, 6.45) is 0.374. The Morgan fingerprint density at radius 2 is 1.66 bits per heavy atom. The average Bonchev–Trinajstić information content (AvgIpc) is 3.23. The van der Waals surface area contributed by atoms with Crippen LogP contribution >= 0.6 is 15.9 Å². The summed E-state index contributed by atoms with van der Waals surface area (Å²) in [5.41, 5.74) is 3.83. The third-order valence-corrected chi connectivity index (χ3v) is 6.07. The minimum atomic E-state index is 0.108. The Kier molecular flexibility index (Phi) is 4.74. The monoisotopic (exact) mass is 478 g/mol. The summed E-state index contributed by atoms with van der Waals surface area (Å²) in [7, 11) is 0. The molecule has 0 aliphatic heterocycles. The topological polar surface area (TPSA) is 93.3 Å². The van der Waals surface area contributed by atoms with Gasteiger partial charge in [-0.05, 0) is 47.5 Å². The van der Waals surface area contributed by atoms with Crippen LogP contribution < -0.4 is 0 Å². The maximum absolute atomic E-state index is 11.7. The molecule has 152 valence electrons. The molecule has 0 unspecified atom stereocenters. The van der Waals surface area contributed by atoms with Crippen molar-refractivity contribution in [1.82, 2.24) is 9.97 Å². The highest BCUT2D eigenvalue weighted by molar-refractivity contribution is 9.10. The number of halogens is 1. The summed E-state index contributed by atoms with van der Waals surface area (Å²) in [4.78, 5) is 19.9. The number of Topliss-reactive ketones (excluding diaryl/α,β-unsaturated/α-hetero) is 1. The maximum atomic E-state index is 11.7. The minimum Gasteiger partial charge on any atom is -0.337 e. The molecule has 4 aromatic carbocycles. The van der Waals surface area contributed by atoms with Crippen molar-refractivity contribution in [1.29, 1.82) is 10.5 Å². The number of carbonyl (C=O) groups is 1. The summed E-state index contributed by atoms with van der Waals surface area (Å²) >= 11 is 3.57. The van der Waals surface area contributed by atoms with Crippen LogP contribution in [0.2, 0.25) is 0 Å². The molecule has 0 amide bonds. The van der Waals surface area contributed by atoms with Crippen molar-refractivity contribution in [2.24, 2.45) is 0 Å². The van der Waals surface area contributed by atoms with Gasteiger partial charge in [-0.25, -0.2) is 4.98 Å². The second kappa shape index (κ2) is 7.60. The minimum absolute atomic E-state index is 0.108. The van der Waals surface area contributed by atoms with Crippen molar-refractivity contribution in [3.05, 3.63) is 75.8 Å². The van der Waals surface area contributed by atoms with Crippen molar-refractivity contribution < 1.29 is 4.79 Å². The number of nitriles is 2. The van der Waals surface area contributed by atoms with Gasteiger partial charge in [0.05, 0.1) is 39.9 Å². The van der Waals surface area contributed by atoms with Crippen LogP contribution in [0.4, 0.5) is 0 Å². The van der Waals surface area contributed by atoms with E-state index in [1.54, 1.807) is 25.1 Å². The van der Waals surface area contributed by atoms with Crippen molar-refractivity contribution in [2.45, 2.75) is 13.3 Å². The molecule has 1 aromatic heterocycles. The molecule has 0 spiro atoms. The van der Waals surface area contributed by atoms with E-state index in [2.05, 4.69) is 39.1 Å². The van der Waals surface area contributed by atoms with Crippen LogP contribution in [-0.2, 0) is 11.2 Å². The first-order valence-corrected chi connectivity index (χ1v) is 10.8. The number of nitrogens with zero attached hydrogens (tertiary/aromatic N) is 3. The molecule has 0 saturated carbocycles. The Bertz CT molecular complexity index is 1640. The molecule has 0 bridgehead atoms. The summed E-state index contributed by atoms with van der Waals surface area (Å²) < 4.78 is 0.944. The summed E-state index contributed by atoms with van der Waals surface area (Å²) in [5, 5.41) is 23.2. The summed E-state index contributed by atoms with van der Waals surface area (Å²) in [5.74, 6) is 0.593. The Hall–Kier alpha value is -4.00. The van der Waals surface area contributed by atoms with Crippen molar-refractivity contribution in [3.63, 3.8) is 0 Å². The first-order valence-electron chi connectivity index (χ1n) is 9.96. The fourth-order valence-electron chi connectivity index (χ4n) is 4.25. The average molecular weight is 479 g/mol. The molecule has 1 N–H and O–H groups in total. The molecule has 0 aliphatic carbocycles. The van der Waals surface area contributed by atoms with Crippen molar-refractivity contribution in [2.75, 3.05) is 0 Å². The molecule has 0 radical (unpaired) electrons. The van der Waals surface area contributed by atoms with Gasteiger partial charge in [-0.3, -0.25) is 4.79 Å². The van der Waals surface area contributed by atoms with E-state index < -0.39 is 0 Å². The predicted octanol–water partition coefficient (Wildman–Crippen LogP) is 6.17. The molecule has 1 heterocycles. The van der Waals surface area contributed by atoms with Crippen LogP contribution in [0.15, 0.2) is 59.1 Å². The number of hydrogen-bond donors (Lipinski definition) is 1. The molecule has 0 saturated heterocycles. The first kappa shape index (κ1) is 19.9. The van der Waals surface area contributed by atoms with Gasteiger partial charge in [0, 0.05) is 21.7 Å². The summed E-state index contributed by atoms with van der Waals surface area (Å²) in [6, 6.07) is 21.4. The van der Waals surface area contributed by atoms with E-state index in [1.165, 1.54) is 0 Å². The Morgan fingerprint density at radius 3 is 2.34 bits per heavy atom. The molecule has 0 atom stereocenters. The largest absolute Gasteiger partial charge is 0.337 e. The molecule has 6 heteroatoms. The standard InChI is InChI=1S/C26H15BrN4O/c1-14(32)9-15-5-7-19-21(10-15)22-11-18(27)6-8-20(22)25-24(19)30-26(31-25)23-16(12-28)3-2-4-17(23)13-29/h2-8,10-11H,9H2,1H3,(H,30,31). The number of rotatable bonds is 3. The van der Waals surface area contributed by atoms with E-state index in [-0.39, 0.29) is 5.78 Å². The zero-order chi connectivity index (χ0) is 22.4. The van der Waals surface area contributed by atoms with Crippen LogP contribution in [0.5, 0.6) is 0 Å². The number of H-pyrrole nitrogens is 1. The lowest BCUT2D eigenvalue weighted by Gasteiger charge is -2.08. The van der Waals surface area contributed by atoms with E-state index in [1.807, 2.05) is 30.3 Å². The van der Waals surface area contributed by atoms with Crippen molar-refractivity contribution in [3.8, 4) is 23.5 Å². The lowest BCUT2D eigenvalue weighted by molar-refractivity contribution is -0.116. The number of carbonyl (C=O) groups excluding carboxylic acids is 1. The lowest BCUT2D eigenvalue weighted by atomic mass is 9.97. The van der Waals surface area contributed by atoms with E-state index in [4.69, 9.17) is 4.98 Å². The number of nitrogens with one attached hydrogen (secondary N) is 1. The van der Waals surface area contributed by atoms with Crippen LogP contribution in [0.3, 0.4) is 0 Å². The predicted molar refractivity (Wildman–Crippen MR) is 128 cm³/mol. The van der Waals surface area contributed by atoms with Gasteiger partial charge in [0.1, 0.15) is 11.6 Å². The quantitative estimate of drug-likeness (QED) is 0.313. The van der Waals surface area contributed by atoms with Gasteiger partial charge in [0.2, 0.25) is 0 Å². The molecule has 32 heavy (non-hydrogen) atoms. The van der Waals surface area contributed by atoms with E-state index >= 15 is 0 Å². The number of benzene rings is 4. The van der Waals surface area contributed by atoms with E-state index in [0.717, 1.165) is 42.6 Å². The van der Waals surface area contributed by atoms with Crippen LogP contribution in [-0.4, -0.2) is 15.8 Å². The van der Waals surface area contributed by atoms with Crippen LogP contribution in [0.25, 0.3) is 44.0 Å². The smallest absolute Gasteiger partial charge is 0.141 e. The Morgan fingerprint density at radius 1 is 0.969 bits per heavy atom. The normalized spacial score (nSPS) is 11.0. The zero-order valence-electron chi connectivity index (χ0n) is 17.0. The maximum Gasteiger partial charge on any atom is 0.141 e. The fraction of sp³-hybridized carbons (Fsp3) is 0.0769. The highest BCUT2D eigenvalue weighted by Crippen LogP contribution is 2.38. The highest BCUT2D eigenvalue weighted by atomic mass is 79.9. The van der Waals surface area contributed by atoms with Gasteiger partial charge in [-0.15, -0.1) is 0 Å². The second-order valence-electron chi connectivity index (χ2n) is 7.71. The molecule has 0 aliphatic rings. The number of hydrogen-bond acceptors (Lipinski definition) is 4.